The van der Waals surface area contributed by atoms with Crippen LogP contribution in [0, 0.1) is 5.92 Å². The minimum Gasteiger partial charge on any atom is -0.481 e. The minimum absolute atomic E-state index is 0.0194. The Morgan fingerprint density at radius 2 is 0.929 bits per heavy atom. The number of nitrogens with one attached hydrogen (secondary N) is 9. The number of hydrogen-bond acceptors (Lipinski definition) is 16. The van der Waals surface area contributed by atoms with Gasteiger partial charge >= 0.3 is 11.9 Å². The number of nitrogens with two attached hydrogens (primary N) is 4. The molecule has 396 valence electrons. The number of amides is 10. The fourth-order valence-electron chi connectivity index (χ4n) is 5.84. The van der Waals surface area contributed by atoms with Crippen molar-refractivity contribution in [2.75, 3.05) is 13.2 Å². The van der Waals surface area contributed by atoms with Crippen LogP contribution >= 0.6 is 0 Å². The average molecular weight is 1000 g/mol. The van der Waals surface area contributed by atoms with Gasteiger partial charge in [0.25, 0.3) is 0 Å². The van der Waals surface area contributed by atoms with E-state index in [2.05, 4.69) is 52.8 Å². The molecule has 0 saturated heterocycles. The second-order valence-electron chi connectivity index (χ2n) is 16.7. The molecule has 0 spiro atoms. The Morgan fingerprint density at radius 3 is 1.40 bits per heavy atom. The molecule has 0 bridgehead atoms. The van der Waals surface area contributed by atoms with E-state index in [1.807, 2.05) is 0 Å². The molecule has 30 nitrogen and oxygen atoms in total. The molecule has 0 fully saturated rings. The number of guanidine groups is 1. The van der Waals surface area contributed by atoms with Crippen LogP contribution in [0.2, 0.25) is 0 Å². The zero-order valence-electron chi connectivity index (χ0n) is 40.0. The Hall–Kier alpha value is -7.21. The quantitative estimate of drug-likeness (QED) is 0.0169. The van der Waals surface area contributed by atoms with Crippen molar-refractivity contribution < 1.29 is 78.0 Å². The van der Waals surface area contributed by atoms with Crippen LogP contribution in [0.5, 0.6) is 0 Å². The predicted molar refractivity (Wildman–Crippen MR) is 244 cm³/mol. The maximum atomic E-state index is 13.9. The molecule has 70 heavy (non-hydrogen) atoms. The van der Waals surface area contributed by atoms with Crippen molar-refractivity contribution in [2.24, 2.45) is 33.8 Å². The van der Waals surface area contributed by atoms with Gasteiger partial charge in [-0.05, 0) is 66.2 Å². The van der Waals surface area contributed by atoms with Crippen molar-refractivity contribution >= 4 is 77.0 Å². The highest BCUT2D eigenvalue weighted by Gasteiger charge is 2.35. The monoisotopic (exact) mass is 1000 g/mol. The summed E-state index contributed by atoms with van der Waals surface area (Å²) in [5.74, 6) is -13.6. The van der Waals surface area contributed by atoms with Gasteiger partial charge in [0.1, 0.15) is 60.4 Å². The molecule has 0 aromatic rings. The van der Waals surface area contributed by atoms with E-state index in [-0.39, 0.29) is 37.7 Å². The molecular weight excluding hydrogens is 933 g/mol. The molecule has 0 aliphatic rings. The number of aliphatic hydroxyl groups excluding tert-OH is 2. The summed E-state index contributed by atoms with van der Waals surface area (Å²) in [6.07, 6.45) is -3.85. The van der Waals surface area contributed by atoms with E-state index in [4.69, 9.17) is 33.1 Å². The number of carboxylic acids is 2. The molecule has 0 aliphatic heterocycles. The maximum Gasteiger partial charge on any atom is 0.325 e. The normalized spacial score (nSPS) is 15.6. The lowest BCUT2D eigenvalue weighted by atomic mass is 10.0. The molecule has 0 aromatic carbocycles. The van der Waals surface area contributed by atoms with Crippen LogP contribution in [0.25, 0.3) is 0 Å². The highest BCUT2D eigenvalue weighted by molar-refractivity contribution is 5.99. The first-order chi connectivity index (χ1) is 32.4. The number of aliphatic hydroxyl groups is 2. The zero-order valence-corrected chi connectivity index (χ0v) is 40.0. The van der Waals surface area contributed by atoms with Crippen LogP contribution in [-0.4, -0.2) is 177 Å². The summed E-state index contributed by atoms with van der Waals surface area (Å²) in [6.45, 7) is 8.42. The van der Waals surface area contributed by atoms with Crippen LogP contribution in [-0.2, 0) is 57.5 Å². The van der Waals surface area contributed by atoms with Crippen molar-refractivity contribution in [1.82, 2.24) is 47.9 Å². The van der Waals surface area contributed by atoms with Gasteiger partial charge in [0, 0.05) is 13.0 Å². The third-order valence-corrected chi connectivity index (χ3v) is 9.82. The number of aliphatic imine (C=N–C) groups is 1. The number of hydrogen-bond donors (Lipinski definition) is 17. The lowest BCUT2D eigenvalue weighted by molar-refractivity contribution is -0.142. The first kappa shape index (κ1) is 62.8. The Bertz CT molecular complexity index is 1910. The maximum absolute atomic E-state index is 13.9. The number of nitrogens with zero attached hydrogens (tertiary/aromatic N) is 1. The SMILES string of the molecule is CC(C)C[C@H](NC(=O)[C@H](CCC(=O)O)NC(=O)[C@H](C)NC(=O)[C@@H](N)CO)C(=O)N[C@@H](CCCN=C(N)N)C(=O)N[C@@H](CC(N)=O)C(=O)N[C@@H](C)C(=O)N[C@H](C(=O)N[C@@H](C)C(=O)N[C@@H](C)C(=O)O)[C@@H](C)O. The second-order valence-corrected chi connectivity index (χ2v) is 16.7. The number of primary amides is 1. The fraction of sp³-hybridized carbons (Fsp3) is 0.675. The number of carbonyl (C=O) groups excluding carboxylic acids is 10. The van der Waals surface area contributed by atoms with E-state index in [0.29, 0.717) is 0 Å². The fourth-order valence-corrected chi connectivity index (χ4v) is 5.84. The van der Waals surface area contributed by atoms with E-state index in [0.717, 1.165) is 13.8 Å². The van der Waals surface area contributed by atoms with Crippen LogP contribution < -0.4 is 70.8 Å². The van der Waals surface area contributed by atoms with Gasteiger partial charge in [-0.25, -0.2) is 0 Å². The summed E-state index contributed by atoms with van der Waals surface area (Å²) in [5, 5.41) is 58.4. The largest absolute Gasteiger partial charge is 0.481 e. The van der Waals surface area contributed by atoms with Crippen molar-refractivity contribution in [3.05, 3.63) is 0 Å². The van der Waals surface area contributed by atoms with Gasteiger partial charge in [0.05, 0.1) is 19.1 Å². The molecule has 0 heterocycles. The summed E-state index contributed by atoms with van der Waals surface area (Å²) in [6, 6.07) is -15.0. The summed E-state index contributed by atoms with van der Waals surface area (Å²) in [5.41, 5.74) is 21.7. The van der Waals surface area contributed by atoms with E-state index < -0.39 is 163 Å². The smallest absolute Gasteiger partial charge is 0.325 e. The number of rotatable bonds is 32. The van der Waals surface area contributed by atoms with Gasteiger partial charge in [-0.2, -0.15) is 0 Å². The van der Waals surface area contributed by atoms with Gasteiger partial charge < -0.3 is 91.2 Å². The molecule has 0 aromatic heterocycles. The van der Waals surface area contributed by atoms with E-state index in [1.54, 1.807) is 13.8 Å². The third-order valence-electron chi connectivity index (χ3n) is 9.82. The van der Waals surface area contributed by atoms with Crippen LogP contribution in [0.15, 0.2) is 4.99 Å². The van der Waals surface area contributed by atoms with E-state index >= 15 is 0 Å². The molecule has 10 amide bonds. The molecule has 21 N–H and O–H groups in total. The van der Waals surface area contributed by atoms with Crippen molar-refractivity contribution in [3.63, 3.8) is 0 Å². The predicted octanol–water partition coefficient (Wildman–Crippen LogP) is -7.95. The van der Waals surface area contributed by atoms with Gasteiger partial charge in [0.2, 0.25) is 59.1 Å². The van der Waals surface area contributed by atoms with Gasteiger partial charge in [-0.3, -0.25) is 62.5 Å². The topological polar surface area (TPSA) is 510 Å². The first-order valence-corrected chi connectivity index (χ1v) is 22.0. The molecule has 0 rings (SSSR count). The Kier molecular flexibility index (Phi) is 27.8. The standard InChI is InChI=1S/C40H70N14O16/c1-16(2)13-25(52-35(65)24(10-11-28(58)59)50-31(61)18(4)46-33(63)22(41)15-55)37(67)51-23(9-8-12-45-40(43)44)34(64)53-26(14-27(42)57)36(66)47-19(5)32(62)54-29(21(7)56)38(68)48-17(3)30(60)49-20(6)39(69)70/h16-26,29,55-56H,8-15,41H2,1-7H3,(H2,42,57)(H,46,63)(H,47,66)(H,48,68)(H,49,60)(H,50,61)(H,51,67)(H,52,65)(H,53,64)(H,54,62)(H,58,59)(H,69,70)(H4,43,44,45)/t17-,18-,19-,20-,21+,22-,23-,24-,25-,26-,29-/m0/s1. The Labute approximate surface area is 402 Å². The third kappa shape index (κ3) is 24.2. The molecule has 11 atom stereocenters. The lowest BCUT2D eigenvalue weighted by Gasteiger charge is -2.28. The van der Waals surface area contributed by atoms with E-state index in [1.165, 1.54) is 20.8 Å². The number of carbonyl (C=O) groups is 12. The summed E-state index contributed by atoms with van der Waals surface area (Å²) in [4.78, 5) is 157. The summed E-state index contributed by atoms with van der Waals surface area (Å²) < 4.78 is 0. The minimum atomic E-state index is -1.81. The van der Waals surface area contributed by atoms with Gasteiger partial charge in [-0.15, -0.1) is 0 Å². The van der Waals surface area contributed by atoms with Gasteiger partial charge in [0.15, 0.2) is 5.96 Å². The van der Waals surface area contributed by atoms with Crippen LogP contribution in [0.4, 0.5) is 0 Å². The van der Waals surface area contributed by atoms with E-state index in [9.17, 15) is 67.7 Å². The first-order valence-electron chi connectivity index (χ1n) is 22.0. The second kappa shape index (κ2) is 31.0. The highest BCUT2D eigenvalue weighted by Crippen LogP contribution is 2.10. The van der Waals surface area contributed by atoms with Crippen molar-refractivity contribution in [3.8, 4) is 0 Å². The molecular formula is C40H70N14O16. The molecule has 0 aliphatic carbocycles. The Morgan fingerprint density at radius 1 is 0.514 bits per heavy atom. The summed E-state index contributed by atoms with van der Waals surface area (Å²) in [7, 11) is 0. The van der Waals surface area contributed by atoms with Crippen LogP contribution in [0.3, 0.4) is 0 Å². The number of aliphatic carboxylic acids is 2. The van der Waals surface area contributed by atoms with Crippen molar-refractivity contribution in [1.29, 1.82) is 0 Å². The zero-order chi connectivity index (χ0) is 54.2. The number of carboxylic acid groups (broad SMARTS) is 2. The van der Waals surface area contributed by atoms with Crippen molar-refractivity contribution in [2.45, 2.75) is 154 Å². The van der Waals surface area contributed by atoms with Crippen LogP contribution in [0.1, 0.15) is 87.0 Å². The Balaban J connectivity index is 6.47. The molecule has 0 radical (unpaired) electrons. The molecule has 0 saturated carbocycles. The molecule has 0 unspecified atom stereocenters. The van der Waals surface area contributed by atoms with Gasteiger partial charge in [-0.1, -0.05) is 13.8 Å². The average Bonchev–Trinajstić information content (AvgIpc) is 3.25. The highest BCUT2D eigenvalue weighted by atomic mass is 16.4. The lowest BCUT2D eigenvalue weighted by Crippen LogP contribution is -2.61. The summed E-state index contributed by atoms with van der Waals surface area (Å²) >= 11 is 0. The molecule has 30 heteroatoms.